The minimum Gasteiger partial charge on any atom is -0.508 e. The van der Waals surface area contributed by atoms with Crippen LogP contribution in [-0.4, -0.2) is 36.8 Å². The molecule has 2 N–H and O–H groups in total. The summed E-state index contributed by atoms with van der Waals surface area (Å²) in [5, 5.41) is 21.5. The Hall–Kier alpha value is -2.44. The Labute approximate surface area is 244 Å². The normalized spacial score (nSPS) is 12.1. The average molecular weight is 567 g/mol. The Morgan fingerprint density at radius 2 is 1.10 bits per heavy atom. The highest BCUT2D eigenvalue weighted by atomic mass is 32.2. The summed E-state index contributed by atoms with van der Waals surface area (Å²) in [5.41, 5.74) is 7.80. The fraction of sp³-hybridized carbons (Fsp3) is 0.455. The van der Waals surface area contributed by atoms with E-state index in [0.717, 1.165) is 22.5 Å². The van der Waals surface area contributed by atoms with E-state index >= 15 is 0 Å². The molecule has 4 nitrogen and oxygen atoms in total. The zero-order valence-corrected chi connectivity index (χ0v) is 27.2. The van der Waals surface area contributed by atoms with Crippen molar-refractivity contribution in [3.05, 3.63) is 70.3 Å². The second-order valence-corrected chi connectivity index (χ2v) is 14.2. The summed E-state index contributed by atoms with van der Waals surface area (Å²) in [4.78, 5) is 6.91. The van der Waals surface area contributed by atoms with Gasteiger partial charge in [0.1, 0.15) is 11.5 Å². The molecule has 39 heavy (non-hydrogen) atoms. The third-order valence-electron chi connectivity index (χ3n) is 7.28. The predicted octanol–water partition coefficient (Wildman–Crippen LogP) is 8.72. The van der Waals surface area contributed by atoms with Crippen LogP contribution in [-0.2, 0) is 23.9 Å². The largest absolute Gasteiger partial charge is 0.508 e. The van der Waals surface area contributed by atoms with Crippen molar-refractivity contribution in [2.24, 2.45) is 0 Å². The summed E-state index contributed by atoms with van der Waals surface area (Å²) in [6, 6.07) is 14.2. The summed E-state index contributed by atoms with van der Waals surface area (Å²) in [7, 11) is 4.21. The van der Waals surface area contributed by atoms with Gasteiger partial charge in [-0.1, -0.05) is 53.7 Å². The zero-order chi connectivity index (χ0) is 29.3. The third-order valence-corrected chi connectivity index (χ3v) is 8.82. The molecule has 0 aliphatic carbocycles. The van der Waals surface area contributed by atoms with Gasteiger partial charge in [-0.05, 0) is 77.3 Å². The smallest absolute Gasteiger partial charge is 0.120 e. The molecule has 3 aromatic rings. The lowest BCUT2D eigenvalue weighted by molar-refractivity contribution is 0.465. The van der Waals surface area contributed by atoms with Gasteiger partial charge in [0, 0.05) is 43.2 Å². The van der Waals surface area contributed by atoms with Gasteiger partial charge >= 0.3 is 0 Å². The number of hydrogen-bond donors (Lipinski definition) is 2. The summed E-state index contributed by atoms with van der Waals surface area (Å²) in [6.07, 6.45) is 4.25. The van der Waals surface area contributed by atoms with Crippen LogP contribution in [0, 0.1) is 6.92 Å². The standard InChI is InChI=1S/C33H46N2O2S2/c1-21-16-28(38-10)30(35(9)20-23-18-25(33(5,6)7)13-15-27(23)37)31(39-11)29(21)34(8)19-22-17-24(32(2,3)4)12-14-26(22)36/h12-18,36-37H,19-20H2,1-11H3. The van der Waals surface area contributed by atoms with Gasteiger partial charge in [-0.2, -0.15) is 0 Å². The molecule has 0 saturated carbocycles. The molecule has 0 amide bonds. The first-order valence-electron chi connectivity index (χ1n) is 13.4. The van der Waals surface area contributed by atoms with E-state index in [4.69, 9.17) is 0 Å². The maximum Gasteiger partial charge on any atom is 0.120 e. The van der Waals surface area contributed by atoms with Crippen LogP contribution >= 0.6 is 23.5 Å². The topological polar surface area (TPSA) is 46.9 Å². The van der Waals surface area contributed by atoms with Crippen LogP contribution in [0.2, 0.25) is 0 Å². The second kappa shape index (κ2) is 12.0. The average Bonchev–Trinajstić information content (AvgIpc) is 2.84. The maximum atomic E-state index is 10.7. The van der Waals surface area contributed by atoms with Gasteiger partial charge in [0.15, 0.2) is 0 Å². The molecule has 0 bridgehead atoms. The predicted molar refractivity (Wildman–Crippen MR) is 173 cm³/mol. The highest BCUT2D eigenvalue weighted by molar-refractivity contribution is 7.99. The van der Waals surface area contributed by atoms with Gasteiger partial charge in [-0.15, -0.1) is 23.5 Å². The van der Waals surface area contributed by atoms with Crippen LogP contribution in [0.3, 0.4) is 0 Å². The fourth-order valence-electron chi connectivity index (χ4n) is 4.95. The number of aryl methyl sites for hydroxylation is 1. The van der Waals surface area contributed by atoms with Crippen molar-refractivity contribution in [3.8, 4) is 11.5 Å². The number of benzene rings is 3. The number of nitrogens with zero attached hydrogens (tertiary/aromatic N) is 2. The second-order valence-electron chi connectivity index (χ2n) is 12.5. The third kappa shape index (κ3) is 7.01. The van der Waals surface area contributed by atoms with Crippen LogP contribution in [0.1, 0.15) is 69.4 Å². The van der Waals surface area contributed by atoms with Crippen LogP contribution < -0.4 is 9.80 Å². The molecule has 0 spiro atoms. The van der Waals surface area contributed by atoms with Gasteiger partial charge in [-0.25, -0.2) is 0 Å². The molecule has 0 aliphatic rings. The molecule has 0 aromatic heterocycles. The van der Waals surface area contributed by atoms with E-state index in [9.17, 15) is 10.2 Å². The van der Waals surface area contributed by atoms with Crippen molar-refractivity contribution < 1.29 is 10.2 Å². The number of rotatable bonds is 8. The first-order chi connectivity index (χ1) is 18.1. The molecular weight excluding hydrogens is 521 g/mol. The van der Waals surface area contributed by atoms with E-state index in [0.29, 0.717) is 24.6 Å². The lowest BCUT2D eigenvalue weighted by Crippen LogP contribution is -2.23. The summed E-state index contributed by atoms with van der Waals surface area (Å²) in [5.74, 6) is 0.649. The van der Waals surface area contributed by atoms with Crippen LogP contribution in [0.4, 0.5) is 11.4 Å². The van der Waals surface area contributed by atoms with Gasteiger partial charge in [0.2, 0.25) is 0 Å². The molecule has 0 saturated heterocycles. The molecule has 0 aliphatic heterocycles. The van der Waals surface area contributed by atoms with Crippen LogP contribution in [0.15, 0.2) is 52.3 Å². The van der Waals surface area contributed by atoms with E-state index < -0.39 is 0 Å². The van der Waals surface area contributed by atoms with Crippen molar-refractivity contribution in [1.29, 1.82) is 0 Å². The molecular formula is C33H46N2O2S2. The Morgan fingerprint density at radius 3 is 1.49 bits per heavy atom. The molecule has 6 heteroatoms. The minimum absolute atomic E-state index is 0.00543. The van der Waals surface area contributed by atoms with E-state index in [-0.39, 0.29) is 10.8 Å². The van der Waals surface area contributed by atoms with Crippen molar-refractivity contribution in [3.63, 3.8) is 0 Å². The molecule has 0 radical (unpaired) electrons. The lowest BCUT2D eigenvalue weighted by atomic mass is 9.86. The molecule has 0 heterocycles. The van der Waals surface area contributed by atoms with Crippen molar-refractivity contribution in [2.45, 2.75) is 82.2 Å². The summed E-state index contributed by atoms with van der Waals surface area (Å²) >= 11 is 3.49. The number of phenols is 2. The summed E-state index contributed by atoms with van der Waals surface area (Å²) < 4.78 is 0. The maximum absolute atomic E-state index is 10.7. The molecule has 0 unspecified atom stereocenters. The molecule has 3 rings (SSSR count). The Bertz CT molecular complexity index is 1320. The SMILES string of the molecule is CSc1cc(C)c(N(C)Cc2cc(C(C)(C)C)ccc2O)c(SC)c1N(C)Cc1cc(C(C)(C)C)ccc1O. The number of hydrogen-bond acceptors (Lipinski definition) is 6. The van der Waals surface area contributed by atoms with Gasteiger partial charge in [0.05, 0.1) is 16.3 Å². The first kappa shape index (κ1) is 31.1. The number of aromatic hydroxyl groups is 2. The van der Waals surface area contributed by atoms with Crippen molar-refractivity contribution >= 4 is 34.9 Å². The van der Waals surface area contributed by atoms with Gasteiger partial charge in [-0.3, -0.25) is 0 Å². The number of thioether (sulfide) groups is 2. The Balaban J connectivity index is 2.06. The highest BCUT2D eigenvalue weighted by Gasteiger charge is 2.24. The van der Waals surface area contributed by atoms with Gasteiger partial charge in [0.25, 0.3) is 0 Å². The molecule has 212 valence electrons. The van der Waals surface area contributed by atoms with E-state index in [1.807, 2.05) is 24.3 Å². The van der Waals surface area contributed by atoms with Crippen molar-refractivity contribution in [2.75, 3.05) is 36.4 Å². The van der Waals surface area contributed by atoms with Gasteiger partial charge < -0.3 is 20.0 Å². The molecule has 3 aromatic carbocycles. The molecule has 0 atom stereocenters. The van der Waals surface area contributed by atoms with E-state index in [1.54, 1.807) is 23.5 Å². The van der Waals surface area contributed by atoms with Crippen LogP contribution in [0.25, 0.3) is 0 Å². The highest BCUT2D eigenvalue weighted by Crippen LogP contribution is 2.46. The Morgan fingerprint density at radius 1 is 0.667 bits per heavy atom. The summed E-state index contributed by atoms with van der Waals surface area (Å²) in [6.45, 7) is 16.5. The fourth-order valence-corrected chi connectivity index (χ4v) is 6.73. The quantitative estimate of drug-likeness (QED) is 0.266. The first-order valence-corrected chi connectivity index (χ1v) is 15.9. The molecule has 0 fully saturated rings. The number of phenolic OH excluding ortho intramolecular Hbond substituents is 2. The Kier molecular flexibility index (Phi) is 9.55. The number of anilines is 2. The van der Waals surface area contributed by atoms with Crippen molar-refractivity contribution in [1.82, 2.24) is 0 Å². The van der Waals surface area contributed by atoms with Crippen LogP contribution in [0.5, 0.6) is 11.5 Å². The monoisotopic (exact) mass is 566 g/mol. The van der Waals surface area contributed by atoms with E-state index in [2.05, 4.69) is 103 Å². The zero-order valence-electron chi connectivity index (χ0n) is 25.6. The minimum atomic E-state index is 0.00543. The lowest BCUT2D eigenvalue weighted by Gasteiger charge is -2.32. The van der Waals surface area contributed by atoms with E-state index in [1.165, 1.54) is 26.5 Å².